The molecule has 1 fully saturated rings. The summed E-state index contributed by atoms with van der Waals surface area (Å²) in [5, 5.41) is 14.2. The molecule has 0 spiro atoms. The Hall–Kier alpha value is -3.03. The lowest BCUT2D eigenvalue weighted by Gasteiger charge is -2.07. The van der Waals surface area contributed by atoms with Crippen LogP contribution in [0.1, 0.15) is 28.3 Å². The van der Waals surface area contributed by atoms with Gasteiger partial charge >= 0.3 is 11.7 Å². The fourth-order valence-corrected chi connectivity index (χ4v) is 2.57. The summed E-state index contributed by atoms with van der Waals surface area (Å²) < 4.78 is 17.8. The van der Waals surface area contributed by atoms with E-state index in [4.69, 9.17) is 0 Å². The number of carbonyl (C=O) groups excluding carboxylic acids is 1. The summed E-state index contributed by atoms with van der Waals surface area (Å²) in [7, 11) is 1.19. The van der Waals surface area contributed by atoms with Gasteiger partial charge in [-0.3, -0.25) is 10.1 Å². The third-order valence-electron chi connectivity index (χ3n) is 3.87. The third-order valence-corrected chi connectivity index (χ3v) is 3.87. The van der Waals surface area contributed by atoms with Gasteiger partial charge in [0.25, 0.3) is 0 Å². The van der Waals surface area contributed by atoms with E-state index in [1.165, 1.54) is 25.4 Å². The van der Waals surface area contributed by atoms with Gasteiger partial charge in [0.1, 0.15) is 5.82 Å². The van der Waals surface area contributed by atoms with Crippen molar-refractivity contribution in [3.8, 4) is 0 Å². The van der Waals surface area contributed by atoms with Crippen molar-refractivity contribution in [2.24, 2.45) is 0 Å². The average Bonchev–Trinajstić information content (AvgIpc) is 3.33. The quantitative estimate of drug-likeness (QED) is 0.514. The Morgan fingerprint density at radius 3 is 2.92 bits per heavy atom. The molecule has 0 saturated heterocycles. The summed E-state index contributed by atoms with van der Waals surface area (Å²) in [5.74, 6) is -0.857. The van der Waals surface area contributed by atoms with Crippen molar-refractivity contribution in [3.63, 3.8) is 0 Å². The summed E-state index contributed by atoms with van der Waals surface area (Å²) in [6, 6.07) is 7.33. The van der Waals surface area contributed by atoms with Crippen LogP contribution in [0, 0.1) is 15.9 Å². The first-order chi connectivity index (χ1) is 11.5. The van der Waals surface area contributed by atoms with Gasteiger partial charge in [-0.2, -0.15) is 0 Å². The van der Waals surface area contributed by atoms with Gasteiger partial charge in [-0.1, -0.05) is 12.1 Å². The number of aromatic nitrogens is 1. The number of carbonyl (C=O) groups is 1. The highest BCUT2D eigenvalue weighted by atomic mass is 19.1. The van der Waals surface area contributed by atoms with Crippen LogP contribution in [0.4, 0.5) is 15.9 Å². The molecule has 124 valence electrons. The van der Waals surface area contributed by atoms with Gasteiger partial charge in [-0.15, -0.1) is 0 Å². The highest BCUT2D eigenvalue weighted by Gasteiger charge is 2.40. The molecule has 7 nitrogen and oxygen atoms in total. The number of hydrogen-bond donors (Lipinski definition) is 1. The molecule has 1 aromatic carbocycles. The van der Waals surface area contributed by atoms with Crippen molar-refractivity contribution in [1.29, 1.82) is 0 Å². The molecular weight excluding hydrogens is 317 g/mol. The largest absolute Gasteiger partial charge is 0.465 e. The Morgan fingerprint density at radius 1 is 1.46 bits per heavy atom. The zero-order valence-electron chi connectivity index (χ0n) is 12.7. The van der Waals surface area contributed by atoms with E-state index in [-0.39, 0.29) is 34.8 Å². The maximum Gasteiger partial charge on any atom is 0.339 e. The molecule has 1 aliphatic rings. The predicted octanol–water partition coefficient (Wildman–Crippen LogP) is 2.88. The van der Waals surface area contributed by atoms with E-state index in [0.29, 0.717) is 0 Å². The molecule has 8 heteroatoms. The summed E-state index contributed by atoms with van der Waals surface area (Å²) in [6.07, 6.45) is 1.95. The molecule has 0 amide bonds. The molecule has 1 aliphatic carbocycles. The molecule has 1 aromatic heterocycles. The van der Waals surface area contributed by atoms with Crippen LogP contribution < -0.4 is 5.32 Å². The Kier molecular flexibility index (Phi) is 4.11. The number of nitro groups is 1. The van der Waals surface area contributed by atoms with Crippen LogP contribution in [0.5, 0.6) is 0 Å². The SMILES string of the molecule is COC(=O)c1cnc(N[C@@H]2C[C@H]2c2cccc(F)c2)c([N+](=O)[O-])c1. The van der Waals surface area contributed by atoms with Crippen molar-refractivity contribution in [1.82, 2.24) is 4.98 Å². The number of anilines is 1. The summed E-state index contributed by atoms with van der Waals surface area (Å²) in [4.78, 5) is 26.0. The third kappa shape index (κ3) is 3.17. The second kappa shape index (κ2) is 6.23. The summed E-state index contributed by atoms with van der Waals surface area (Å²) in [5.41, 5.74) is 0.538. The number of nitrogens with one attached hydrogen (secondary N) is 1. The van der Waals surface area contributed by atoms with Crippen LogP contribution in [0.25, 0.3) is 0 Å². The number of nitrogens with zero attached hydrogens (tertiary/aromatic N) is 2. The standard InChI is InChI=1S/C16H14FN3O4/c1-24-16(21)10-6-14(20(22)23)15(18-8-10)19-13-7-12(13)9-3-2-4-11(17)5-9/h2-6,8,12-13H,7H2,1H3,(H,18,19)/t12-,13+/m0/s1. The topological polar surface area (TPSA) is 94.4 Å². The highest BCUT2D eigenvalue weighted by Crippen LogP contribution is 2.43. The van der Waals surface area contributed by atoms with Crippen LogP contribution in [0.2, 0.25) is 0 Å². The van der Waals surface area contributed by atoms with E-state index in [1.807, 2.05) is 6.07 Å². The van der Waals surface area contributed by atoms with E-state index in [1.54, 1.807) is 6.07 Å². The minimum absolute atomic E-state index is 0.00669. The first-order valence-electron chi connectivity index (χ1n) is 7.24. The van der Waals surface area contributed by atoms with E-state index in [2.05, 4.69) is 15.0 Å². The molecule has 0 bridgehead atoms. The number of hydrogen-bond acceptors (Lipinski definition) is 6. The van der Waals surface area contributed by atoms with E-state index in [0.717, 1.165) is 18.1 Å². The van der Waals surface area contributed by atoms with Gasteiger partial charge < -0.3 is 10.1 Å². The second-order valence-electron chi connectivity index (χ2n) is 5.49. The van der Waals surface area contributed by atoms with Gasteiger partial charge in [0.2, 0.25) is 5.82 Å². The minimum atomic E-state index is -0.693. The number of methoxy groups -OCH3 is 1. The molecule has 1 heterocycles. The first-order valence-corrected chi connectivity index (χ1v) is 7.24. The van der Waals surface area contributed by atoms with Crippen molar-refractivity contribution < 1.29 is 18.8 Å². The van der Waals surface area contributed by atoms with Crippen molar-refractivity contribution in [2.45, 2.75) is 18.4 Å². The van der Waals surface area contributed by atoms with Gasteiger partial charge in [-0.05, 0) is 24.1 Å². The zero-order valence-corrected chi connectivity index (χ0v) is 12.7. The lowest BCUT2D eigenvalue weighted by Crippen LogP contribution is -2.10. The van der Waals surface area contributed by atoms with Crippen molar-refractivity contribution in [3.05, 3.63) is 63.6 Å². The lowest BCUT2D eigenvalue weighted by molar-refractivity contribution is -0.384. The molecule has 0 radical (unpaired) electrons. The van der Waals surface area contributed by atoms with E-state index >= 15 is 0 Å². The van der Waals surface area contributed by atoms with Gasteiger partial charge in [0, 0.05) is 24.2 Å². The van der Waals surface area contributed by atoms with Crippen LogP contribution >= 0.6 is 0 Å². The molecule has 0 unspecified atom stereocenters. The molecule has 1 N–H and O–H groups in total. The molecule has 2 atom stereocenters. The monoisotopic (exact) mass is 331 g/mol. The zero-order chi connectivity index (χ0) is 17.3. The maximum absolute atomic E-state index is 13.3. The summed E-state index contributed by atoms with van der Waals surface area (Å²) >= 11 is 0. The van der Waals surface area contributed by atoms with E-state index in [9.17, 15) is 19.3 Å². The predicted molar refractivity (Wildman–Crippen MR) is 83.4 cm³/mol. The van der Waals surface area contributed by atoms with Crippen LogP contribution in [-0.2, 0) is 4.74 Å². The Morgan fingerprint density at radius 2 is 2.25 bits per heavy atom. The summed E-state index contributed by atoms with van der Waals surface area (Å²) in [6.45, 7) is 0. The number of pyridine rings is 1. The van der Waals surface area contributed by atoms with E-state index < -0.39 is 10.9 Å². The van der Waals surface area contributed by atoms with Crippen molar-refractivity contribution >= 4 is 17.5 Å². The number of rotatable bonds is 5. The molecule has 3 rings (SSSR count). The Bertz CT molecular complexity index is 812. The molecular formula is C16H14FN3O4. The Labute approximate surface area is 136 Å². The lowest BCUT2D eigenvalue weighted by atomic mass is 10.1. The van der Waals surface area contributed by atoms with Gasteiger partial charge in [0.05, 0.1) is 17.6 Å². The van der Waals surface area contributed by atoms with Gasteiger partial charge in [0.15, 0.2) is 0 Å². The minimum Gasteiger partial charge on any atom is -0.465 e. The fraction of sp³-hybridized carbons (Fsp3) is 0.250. The Balaban J connectivity index is 1.78. The highest BCUT2D eigenvalue weighted by molar-refractivity contribution is 5.90. The van der Waals surface area contributed by atoms with Crippen LogP contribution in [-0.4, -0.2) is 29.0 Å². The van der Waals surface area contributed by atoms with Crippen molar-refractivity contribution in [2.75, 3.05) is 12.4 Å². The molecule has 24 heavy (non-hydrogen) atoms. The van der Waals surface area contributed by atoms with Crippen LogP contribution in [0.15, 0.2) is 36.5 Å². The molecule has 1 saturated carbocycles. The second-order valence-corrected chi connectivity index (χ2v) is 5.49. The fourth-order valence-electron chi connectivity index (χ4n) is 2.57. The maximum atomic E-state index is 13.3. The first kappa shape index (κ1) is 15.9. The number of halogens is 1. The molecule has 2 aromatic rings. The molecule has 0 aliphatic heterocycles. The number of esters is 1. The normalized spacial score (nSPS) is 18.8. The average molecular weight is 331 g/mol. The smallest absolute Gasteiger partial charge is 0.339 e. The number of ether oxygens (including phenoxy) is 1. The number of benzene rings is 1. The van der Waals surface area contributed by atoms with Crippen LogP contribution in [0.3, 0.4) is 0 Å². The van der Waals surface area contributed by atoms with Gasteiger partial charge in [-0.25, -0.2) is 14.2 Å².